The third-order valence-corrected chi connectivity index (χ3v) is 8.91. The lowest BCUT2D eigenvalue weighted by Gasteiger charge is -2.66. The fourth-order valence-electron chi connectivity index (χ4n) is 7.92. The molecule has 1 aliphatic heterocycles. The maximum Gasteiger partial charge on any atom is 0.309 e. The fourth-order valence-corrected chi connectivity index (χ4v) is 7.92. The highest BCUT2D eigenvalue weighted by Crippen LogP contribution is 2.69. The van der Waals surface area contributed by atoms with Crippen LogP contribution in [0, 0.1) is 39.9 Å². The van der Waals surface area contributed by atoms with E-state index < -0.39 is 0 Å². The number of hydrogen-bond acceptors (Lipinski definition) is 4. The van der Waals surface area contributed by atoms with E-state index in [0.717, 1.165) is 19.3 Å². The maximum atomic E-state index is 12.3. The Labute approximate surface area is 157 Å². The first-order chi connectivity index (χ1) is 12.2. The Morgan fingerprint density at radius 3 is 2.62 bits per heavy atom. The number of ether oxygens (including phenoxy) is 2. The van der Waals surface area contributed by atoms with Gasteiger partial charge < -0.3 is 9.47 Å². The van der Waals surface area contributed by atoms with Crippen LogP contribution in [0.3, 0.4) is 0 Å². The fraction of sp³-hybridized carbons (Fsp3) is 0.909. The van der Waals surface area contributed by atoms with Crippen LogP contribution in [0.2, 0.25) is 0 Å². The molecule has 0 aromatic rings. The zero-order valence-corrected chi connectivity index (χ0v) is 16.8. The van der Waals surface area contributed by atoms with Gasteiger partial charge in [0.25, 0.3) is 0 Å². The molecule has 2 unspecified atom stereocenters. The highest BCUT2D eigenvalue weighted by molar-refractivity contribution is 5.75. The highest BCUT2D eigenvalue weighted by atomic mass is 16.5. The summed E-state index contributed by atoms with van der Waals surface area (Å²) < 4.78 is 11.2. The van der Waals surface area contributed by atoms with E-state index in [2.05, 4.69) is 20.8 Å². The van der Waals surface area contributed by atoms with Gasteiger partial charge in [-0.3, -0.25) is 9.59 Å². The molecule has 3 aliphatic carbocycles. The average molecular weight is 363 g/mol. The van der Waals surface area contributed by atoms with Crippen molar-refractivity contribution in [2.75, 3.05) is 13.2 Å². The predicted molar refractivity (Wildman–Crippen MR) is 98.2 cm³/mol. The Morgan fingerprint density at radius 1 is 1.12 bits per heavy atom. The largest absolute Gasteiger partial charge is 0.465 e. The first-order valence-corrected chi connectivity index (χ1v) is 10.5. The molecule has 4 fully saturated rings. The topological polar surface area (TPSA) is 52.6 Å². The molecule has 1 heterocycles. The molecule has 146 valence electrons. The van der Waals surface area contributed by atoms with E-state index in [1.165, 1.54) is 32.6 Å². The number of fused-ring (bicyclic) bond motifs is 5. The molecule has 4 heteroatoms. The molecule has 1 saturated heterocycles. The van der Waals surface area contributed by atoms with Crippen molar-refractivity contribution in [2.45, 2.75) is 72.6 Å². The number of rotatable bonds is 2. The van der Waals surface area contributed by atoms with Crippen molar-refractivity contribution >= 4 is 11.9 Å². The number of hydrogen-bond donors (Lipinski definition) is 0. The second-order valence-corrected chi connectivity index (χ2v) is 10.4. The molecule has 26 heavy (non-hydrogen) atoms. The van der Waals surface area contributed by atoms with E-state index in [9.17, 15) is 9.59 Å². The Balaban J connectivity index is 1.74. The second kappa shape index (κ2) is 5.97. The SMILES string of the molecule is CC(=O)OC[C@@]12CCC3C(C)(C)CCC[C@]3(C)C1CC[C@H]1C(=O)OC[C@H]12. The Kier molecular flexibility index (Phi) is 4.20. The molecule has 0 bridgehead atoms. The lowest BCUT2D eigenvalue weighted by atomic mass is 9.38. The van der Waals surface area contributed by atoms with Gasteiger partial charge >= 0.3 is 11.9 Å². The number of carbonyl (C=O) groups is 2. The number of carbonyl (C=O) groups excluding carboxylic acids is 2. The minimum absolute atomic E-state index is 0.0126. The van der Waals surface area contributed by atoms with E-state index in [-0.39, 0.29) is 34.6 Å². The minimum atomic E-state index is -0.207. The number of esters is 2. The summed E-state index contributed by atoms with van der Waals surface area (Å²) in [6.45, 7) is 9.88. The van der Waals surface area contributed by atoms with Gasteiger partial charge in [0, 0.05) is 18.3 Å². The van der Waals surface area contributed by atoms with Crippen LogP contribution < -0.4 is 0 Å². The van der Waals surface area contributed by atoms with Gasteiger partial charge in [0.05, 0.1) is 19.1 Å². The van der Waals surface area contributed by atoms with E-state index in [1.54, 1.807) is 0 Å². The normalized spacial score (nSPS) is 46.5. The molecular formula is C22H34O4. The van der Waals surface area contributed by atoms with Crippen molar-refractivity contribution in [3.8, 4) is 0 Å². The van der Waals surface area contributed by atoms with Crippen molar-refractivity contribution in [3.63, 3.8) is 0 Å². The second-order valence-electron chi connectivity index (χ2n) is 10.4. The quantitative estimate of drug-likeness (QED) is 0.685. The van der Waals surface area contributed by atoms with Crippen LogP contribution in [0.4, 0.5) is 0 Å². The average Bonchev–Trinajstić information content (AvgIpc) is 2.94. The molecule has 0 radical (unpaired) electrons. The van der Waals surface area contributed by atoms with E-state index in [0.29, 0.717) is 30.5 Å². The summed E-state index contributed by atoms with van der Waals surface area (Å²) >= 11 is 0. The first kappa shape index (κ1) is 18.3. The van der Waals surface area contributed by atoms with Crippen LogP contribution in [0.25, 0.3) is 0 Å². The van der Waals surface area contributed by atoms with Gasteiger partial charge in [-0.15, -0.1) is 0 Å². The molecule has 0 N–H and O–H groups in total. The van der Waals surface area contributed by atoms with Gasteiger partial charge in [-0.1, -0.05) is 27.2 Å². The Bertz CT molecular complexity index is 611. The van der Waals surface area contributed by atoms with Crippen molar-refractivity contribution in [3.05, 3.63) is 0 Å². The van der Waals surface area contributed by atoms with Crippen molar-refractivity contribution in [1.29, 1.82) is 0 Å². The molecule has 4 aliphatic rings. The summed E-state index contributed by atoms with van der Waals surface area (Å²) in [6, 6.07) is 0. The predicted octanol–water partition coefficient (Wildman–Crippen LogP) is 4.36. The highest BCUT2D eigenvalue weighted by Gasteiger charge is 2.66. The van der Waals surface area contributed by atoms with Gasteiger partial charge in [-0.05, 0) is 61.2 Å². The minimum Gasteiger partial charge on any atom is -0.465 e. The zero-order chi connectivity index (χ0) is 18.7. The standard InChI is InChI=1S/C22H34O4/c1-14(23)26-13-22-11-8-17-20(2,3)9-5-10-21(17,4)18(22)7-6-15-16(22)12-25-19(15)24/h15-18H,5-13H2,1-4H3/t15-,16-,17?,18?,21+,22-/m1/s1. The van der Waals surface area contributed by atoms with Gasteiger partial charge in [0.1, 0.15) is 0 Å². The van der Waals surface area contributed by atoms with Crippen LogP contribution >= 0.6 is 0 Å². The molecule has 0 spiro atoms. The zero-order valence-electron chi connectivity index (χ0n) is 16.8. The van der Waals surface area contributed by atoms with Crippen LogP contribution in [0.5, 0.6) is 0 Å². The molecule has 0 amide bonds. The summed E-state index contributed by atoms with van der Waals surface area (Å²) in [5.74, 6) is 1.24. The van der Waals surface area contributed by atoms with Crippen LogP contribution in [-0.4, -0.2) is 25.2 Å². The Hall–Kier alpha value is -1.06. The lowest BCUT2D eigenvalue weighted by Crippen LogP contribution is -2.61. The third-order valence-electron chi connectivity index (χ3n) is 8.91. The van der Waals surface area contributed by atoms with Gasteiger partial charge in [-0.25, -0.2) is 0 Å². The van der Waals surface area contributed by atoms with Crippen molar-refractivity contribution < 1.29 is 19.1 Å². The van der Waals surface area contributed by atoms with Crippen LogP contribution in [0.1, 0.15) is 72.6 Å². The summed E-state index contributed by atoms with van der Waals surface area (Å²) in [5.41, 5.74) is 0.565. The van der Waals surface area contributed by atoms with Crippen molar-refractivity contribution in [2.24, 2.45) is 39.9 Å². The van der Waals surface area contributed by atoms with E-state index in [1.807, 2.05) is 0 Å². The molecule has 0 aromatic carbocycles. The monoisotopic (exact) mass is 362 g/mol. The van der Waals surface area contributed by atoms with Crippen molar-refractivity contribution in [1.82, 2.24) is 0 Å². The molecule has 6 atom stereocenters. The Morgan fingerprint density at radius 2 is 1.88 bits per heavy atom. The molecule has 4 nitrogen and oxygen atoms in total. The third kappa shape index (κ3) is 2.46. The van der Waals surface area contributed by atoms with Crippen LogP contribution in [0.15, 0.2) is 0 Å². The lowest BCUT2D eigenvalue weighted by molar-refractivity contribution is -0.198. The number of cyclic esters (lactones) is 1. The maximum absolute atomic E-state index is 12.3. The molecular weight excluding hydrogens is 328 g/mol. The summed E-state index contributed by atoms with van der Waals surface area (Å²) in [5, 5.41) is 0. The van der Waals surface area contributed by atoms with Crippen LogP contribution in [-0.2, 0) is 19.1 Å². The van der Waals surface area contributed by atoms with Gasteiger partial charge in [0.15, 0.2) is 0 Å². The summed E-state index contributed by atoms with van der Waals surface area (Å²) in [7, 11) is 0. The van der Waals surface area contributed by atoms with Gasteiger partial charge in [-0.2, -0.15) is 0 Å². The first-order valence-electron chi connectivity index (χ1n) is 10.5. The summed E-state index contributed by atoms with van der Waals surface area (Å²) in [4.78, 5) is 24.0. The molecule has 3 saturated carbocycles. The summed E-state index contributed by atoms with van der Waals surface area (Å²) in [6.07, 6.45) is 8.11. The molecule has 0 aromatic heterocycles. The van der Waals surface area contributed by atoms with Gasteiger partial charge in [0.2, 0.25) is 0 Å². The molecule has 4 rings (SSSR count). The van der Waals surface area contributed by atoms with E-state index >= 15 is 0 Å². The van der Waals surface area contributed by atoms with E-state index in [4.69, 9.17) is 9.47 Å². The smallest absolute Gasteiger partial charge is 0.309 e.